The summed E-state index contributed by atoms with van der Waals surface area (Å²) in [6.07, 6.45) is -4.56. The molecule has 1 aliphatic carbocycles. The van der Waals surface area contributed by atoms with E-state index in [9.17, 15) is 67.3 Å². The number of carboxylic acid groups (broad SMARTS) is 3. The van der Waals surface area contributed by atoms with Crippen LogP contribution in [-0.2, 0) is 43.2 Å². The van der Waals surface area contributed by atoms with Gasteiger partial charge in [0.05, 0.1) is 18.4 Å². The van der Waals surface area contributed by atoms with E-state index >= 15 is 4.79 Å². The average Bonchev–Trinajstić information content (AvgIpc) is 3.80. The molecule has 1 fully saturated rings. The van der Waals surface area contributed by atoms with Gasteiger partial charge in [0.2, 0.25) is 41.7 Å². The molecule has 3 aromatic carbocycles. The van der Waals surface area contributed by atoms with Gasteiger partial charge in [0.25, 0.3) is 5.89 Å². The van der Waals surface area contributed by atoms with Gasteiger partial charge in [-0.3, -0.25) is 47.9 Å². The molecule has 4 aromatic rings. The number of oxazole rings is 1. The molecule has 22 heteroatoms. The number of rotatable bonds is 28. The topological polar surface area (TPSA) is 318 Å². The van der Waals surface area contributed by atoms with E-state index in [2.05, 4.69) is 31.6 Å². The lowest BCUT2D eigenvalue weighted by Crippen LogP contribution is -2.60. The number of carbonyl (C=O) groups is 10. The number of hydrogen-bond acceptors (Lipinski definition) is 12. The summed E-state index contributed by atoms with van der Waals surface area (Å²) in [6, 6.07) is 13.8. The highest BCUT2D eigenvalue weighted by Gasteiger charge is 2.41. The fraction of sp³-hybridized carbons (Fsp3) is 0.431. The molecule has 1 aliphatic rings. The van der Waals surface area contributed by atoms with Crippen LogP contribution in [-0.4, -0.2) is 116 Å². The molecule has 0 radical (unpaired) electrons. The highest BCUT2D eigenvalue weighted by atomic mass is 19.3. The Morgan fingerprint density at radius 2 is 1.12 bits per heavy atom. The third kappa shape index (κ3) is 16.9. The number of carboxylic acids is 3. The minimum Gasteiger partial charge on any atom is -0.481 e. The predicted molar refractivity (Wildman–Crippen MR) is 255 cm³/mol. The van der Waals surface area contributed by atoms with Crippen LogP contribution in [0.2, 0.25) is 0 Å². The summed E-state index contributed by atoms with van der Waals surface area (Å²) in [7, 11) is 0. The molecular formula is C51H58F2N6O14. The normalized spacial score (nSPS) is 15.2. The summed E-state index contributed by atoms with van der Waals surface area (Å²) in [4.78, 5) is 137. The van der Waals surface area contributed by atoms with Crippen molar-refractivity contribution in [3.8, 4) is 0 Å². The fourth-order valence-corrected chi connectivity index (χ4v) is 8.86. The number of amides is 5. The quantitative estimate of drug-likeness (QED) is 0.0291. The fourth-order valence-electron chi connectivity index (χ4n) is 8.86. The van der Waals surface area contributed by atoms with Gasteiger partial charge in [0.15, 0.2) is 11.4 Å². The standard InChI is InChI=1S/C51H58F2N6O14/c1-28(60)54-37(27-42(65)66)49(71)55-35(22-24-41(63)64)48(70)59-44(43(30-15-7-3-8-16-30)31-17-9-4-10-18-31)50(72)56-34(21-23-40(61)62)47(69)57-36(25-29-13-5-2-6-14-29)45(67)32(26-39(52)53)46(68)51-58-33-19-11-12-20-38(33)73-51/h3-4,7-12,15-20,29,32,34-37,39,43-44H,2,5-6,13-14,21-27H2,1H3,(H,54,60)(H,55,71)(H,56,72)(H,57,69)(H,59,70)(H,61,62)(H,63,64)(H,65,66)/t32-,34+,35+,36+,37+,44+/m1/s1. The van der Waals surface area contributed by atoms with Crippen molar-refractivity contribution in [3.63, 3.8) is 0 Å². The summed E-state index contributed by atoms with van der Waals surface area (Å²) in [5, 5.41) is 40.9. The van der Waals surface area contributed by atoms with Crippen LogP contribution in [0.25, 0.3) is 11.1 Å². The molecule has 390 valence electrons. The number of hydrogen-bond donors (Lipinski definition) is 8. The lowest BCUT2D eigenvalue weighted by Gasteiger charge is -2.32. The zero-order chi connectivity index (χ0) is 53.2. The van der Waals surface area contributed by atoms with E-state index in [-0.39, 0.29) is 23.4 Å². The molecule has 5 rings (SSSR count). The predicted octanol–water partition coefficient (Wildman–Crippen LogP) is 4.30. The van der Waals surface area contributed by atoms with Crippen LogP contribution in [0.4, 0.5) is 8.78 Å². The van der Waals surface area contributed by atoms with Gasteiger partial charge >= 0.3 is 17.9 Å². The number of ketones is 2. The first kappa shape index (κ1) is 56.0. The second-order valence-corrected chi connectivity index (χ2v) is 17.9. The van der Waals surface area contributed by atoms with Crippen molar-refractivity contribution in [3.05, 3.63) is 102 Å². The summed E-state index contributed by atoms with van der Waals surface area (Å²) in [5.74, 6) is -16.0. The Hall–Kier alpha value is -7.91. The van der Waals surface area contributed by atoms with E-state index in [1.165, 1.54) is 12.1 Å². The van der Waals surface area contributed by atoms with Crippen LogP contribution in [0.3, 0.4) is 0 Å². The third-order valence-electron chi connectivity index (χ3n) is 12.4. The monoisotopic (exact) mass is 1020 g/mol. The maximum absolute atomic E-state index is 15.0. The number of benzene rings is 3. The number of aliphatic carboxylic acids is 3. The van der Waals surface area contributed by atoms with E-state index < -0.39 is 152 Å². The lowest BCUT2D eigenvalue weighted by molar-refractivity contribution is -0.141. The van der Waals surface area contributed by atoms with Crippen molar-refractivity contribution in [2.75, 3.05) is 0 Å². The molecule has 0 unspecified atom stereocenters. The van der Waals surface area contributed by atoms with Gasteiger partial charge in [0.1, 0.15) is 29.7 Å². The molecule has 1 saturated carbocycles. The number of halogens is 2. The van der Waals surface area contributed by atoms with Crippen molar-refractivity contribution in [2.24, 2.45) is 11.8 Å². The first-order valence-electron chi connectivity index (χ1n) is 23.8. The van der Waals surface area contributed by atoms with E-state index in [0.29, 0.717) is 24.0 Å². The first-order chi connectivity index (χ1) is 34.8. The maximum atomic E-state index is 15.0. The molecule has 1 aromatic heterocycles. The Balaban J connectivity index is 1.54. The molecular weight excluding hydrogens is 959 g/mol. The number of carbonyl (C=O) groups excluding carboxylic acids is 7. The van der Waals surface area contributed by atoms with Gasteiger partial charge in [0, 0.05) is 32.1 Å². The van der Waals surface area contributed by atoms with Crippen LogP contribution in [0, 0.1) is 11.8 Å². The Morgan fingerprint density at radius 3 is 1.64 bits per heavy atom. The molecule has 0 bridgehead atoms. The summed E-state index contributed by atoms with van der Waals surface area (Å²) >= 11 is 0. The SMILES string of the molecule is CC(=O)N[C@@H](CC(=O)O)C(=O)N[C@@H](CCC(=O)O)C(=O)N[C@H](C(=O)N[C@@H](CCC(=O)O)C(=O)N[C@@H](CC1CCCCC1)C(=O)[C@@H](CC(F)F)C(=O)c1nc2ccccc2o1)C(c1ccccc1)c1ccccc1. The minimum atomic E-state index is -3.18. The molecule has 0 spiro atoms. The largest absolute Gasteiger partial charge is 0.481 e. The molecule has 1 heterocycles. The van der Waals surface area contributed by atoms with E-state index in [4.69, 9.17) is 4.42 Å². The van der Waals surface area contributed by atoms with Crippen LogP contribution >= 0.6 is 0 Å². The Morgan fingerprint density at radius 1 is 0.616 bits per heavy atom. The summed E-state index contributed by atoms with van der Waals surface area (Å²) < 4.78 is 34.1. The van der Waals surface area contributed by atoms with E-state index in [0.717, 1.165) is 26.2 Å². The van der Waals surface area contributed by atoms with Crippen LogP contribution in [0.15, 0.2) is 89.3 Å². The number of para-hydroxylation sites is 2. The van der Waals surface area contributed by atoms with Crippen LogP contribution in [0.1, 0.15) is 112 Å². The molecule has 73 heavy (non-hydrogen) atoms. The number of fused-ring (bicyclic) bond motifs is 1. The second-order valence-electron chi connectivity index (χ2n) is 17.9. The molecule has 6 atom stereocenters. The van der Waals surface area contributed by atoms with Crippen LogP contribution in [0.5, 0.6) is 0 Å². The van der Waals surface area contributed by atoms with Gasteiger partial charge in [-0.1, -0.05) is 105 Å². The van der Waals surface area contributed by atoms with Gasteiger partial charge in [-0.05, 0) is 48.4 Å². The highest BCUT2D eigenvalue weighted by Crippen LogP contribution is 2.31. The highest BCUT2D eigenvalue weighted by molar-refractivity contribution is 6.11. The van der Waals surface area contributed by atoms with Gasteiger partial charge in [-0.15, -0.1) is 0 Å². The zero-order valence-electron chi connectivity index (χ0n) is 39.8. The van der Waals surface area contributed by atoms with Crippen LogP contribution < -0.4 is 26.6 Å². The number of aromatic nitrogens is 1. The smallest absolute Gasteiger partial charge is 0.305 e. The van der Waals surface area contributed by atoms with Gasteiger partial charge in [-0.25, -0.2) is 13.8 Å². The van der Waals surface area contributed by atoms with Crippen molar-refractivity contribution in [1.82, 2.24) is 31.6 Å². The Kier molecular flexibility index (Phi) is 20.8. The minimum absolute atomic E-state index is 0.105. The number of nitrogens with zero attached hydrogens (tertiary/aromatic N) is 1. The molecule has 8 N–H and O–H groups in total. The zero-order valence-corrected chi connectivity index (χ0v) is 39.8. The number of nitrogens with one attached hydrogen (secondary N) is 5. The van der Waals surface area contributed by atoms with E-state index in [1.807, 2.05) is 0 Å². The first-order valence-corrected chi connectivity index (χ1v) is 23.8. The van der Waals surface area contributed by atoms with Gasteiger partial charge < -0.3 is 46.3 Å². The van der Waals surface area contributed by atoms with E-state index in [1.54, 1.807) is 72.8 Å². The molecule has 20 nitrogen and oxygen atoms in total. The molecule has 5 amide bonds. The number of alkyl halides is 2. The summed E-state index contributed by atoms with van der Waals surface area (Å²) in [6.45, 7) is 1.01. The average molecular weight is 1020 g/mol. The second kappa shape index (κ2) is 27.1. The van der Waals surface area contributed by atoms with Crippen molar-refractivity contribution >= 4 is 70.1 Å². The van der Waals surface area contributed by atoms with Crippen molar-refractivity contribution in [2.45, 2.75) is 127 Å². The lowest BCUT2D eigenvalue weighted by atomic mass is 9.81. The van der Waals surface area contributed by atoms with Gasteiger partial charge in [-0.2, -0.15) is 0 Å². The third-order valence-corrected chi connectivity index (χ3v) is 12.4. The molecule has 0 saturated heterocycles. The Labute approximate surface area is 417 Å². The number of Topliss-reactive ketones (excluding diaryl/α,β-unsaturated/α-hetero) is 2. The Bertz CT molecular complexity index is 2520. The maximum Gasteiger partial charge on any atom is 0.305 e. The van der Waals surface area contributed by atoms with Crippen molar-refractivity contribution in [1.29, 1.82) is 0 Å². The summed E-state index contributed by atoms with van der Waals surface area (Å²) in [5.41, 5.74) is 1.19. The molecule has 0 aliphatic heterocycles. The van der Waals surface area contributed by atoms with Crippen molar-refractivity contribution < 1.29 is 76.5 Å².